The largest absolute Gasteiger partial charge is 0.378 e. The van der Waals surface area contributed by atoms with E-state index < -0.39 is 0 Å². The van der Waals surface area contributed by atoms with Gasteiger partial charge in [-0.05, 0) is 46.9 Å². The maximum Gasteiger partial charge on any atom is 0.239 e. The Balaban J connectivity index is 1.90. The second-order valence-electron chi connectivity index (χ2n) is 4.79. The summed E-state index contributed by atoms with van der Waals surface area (Å²) in [5.74, 6) is 0.195. The highest BCUT2D eigenvalue weighted by Crippen LogP contribution is 2.22. The van der Waals surface area contributed by atoms with E-state index in [1.165, 1.54) is 5.56 Å². The van der Waals surface area contributed by atoms with Crippen LogP contribution in [0.3, 0.4) is 0 Å². The van der Waals surface area contributed by atoms with Gasteiger partial charge in [-0.15, -0.1) is 11.3 Å². The van der Waals surface area contributed by atoms with Crippen LogP contribution in [0.4, 0.5) is 0 Å². The molecule has 0 spiro atoms. The fraction of sp³-hybridized carbons (Fsp3) is 0.615. The maximum atomic E-state index is 12.4. The third-order valence-electron chi connectivity index (χ3n) is 3.40. The van der Waals surface area contributed by atoms with Gasteiger partial charge in [0.2, 0.25) is 5.91 Å². The number of thiophene rings is 1. The first-order valence-electron chi connectivity index (χ1n) is 6.37. The summed E-state index contributed by atoms with van der Waals surface area (Å²) in [6, 6.07) is 2.00. The lowest BCUT2D eigenvalue weighted by molar-refractivity contribution is -0.140. The predicted octanol–water partition coefficient (Wildman–Crippen LogP) is 2.19. The number of carbonyl (C=O) groups is 1. The third kappa shape index (κ3) is 4.02. The van der Waals surface area contributed by atoms with Crippen LogP contribution in [0.2, 0.25) is 0 Å². The Hall–Kier alpha value is -0.430. The van der Waals surface area contributed by atoms with Crippen molar-refractivity contribution in [3.63, 3.8) is 0 Å². The predicted molar refractivity (Wildman–Crippen MR) is 80.3 cm³/mol. The molecule has 1 saturated heterocycles. The summed E-state index contributed by atoms with van der Waals surface area (Å²) in [4.78, 5) is 16.3. The number of likely N-dealkylation sites (N-methyl/N-ethyl adjacent to an activating group) is 1. The van der Waals surface area contributed by atoms with E-state index in [0.29, 0.717) is 26.3 Å². The van der Waals surface area contributed by atoms with Crippen LogP contribution in [0.25, 0.3) is 0 Å². The lowest BCUT2D eigenvalue weighted by Gasteiger charge is -2.32. The molecule has 1 amide bonds. The summed E-state index contributed by atoms with van der Waals surface area (Å²) < 4.78 is 6.41. The fourth-order valence-corrected chi connectivity index (χ4v) is 3.29. The minimum atomic E-state index is -0.100. The standard InChI is InChI=1S/C13H19BrN2O2S/c1-10(13(17)16-3-5-18-6-4-16)15(2)8-11-7-12(14)19-9-11/h7,9-10H,3-6,8H2,1-2H3/t10-/m1/s1. The van der Waals surface area contributed by atoms with Crippen molar-refractivity contribution in [2.45, 2.75) is 19.5 Å². The molecule has 1 atom stereocenters. The van der Waals surface area contributed by atoms with Gasteiger partial charge < -0.3 is 9.64 Å². The van der Waals surface area contributed by atoms with Gasteiger partial charge in [0, 0.05) is 19.6 Å². The number of amides is 1. The van der Waals surface area contributed by atoms with Gasteiger partial charge in [-0.25, -0.2) is 0 Å². The highest BCUT2D eigenvalue weighted by molar-refractivity contribution is 9.11. The highest BCUT2D eigenvalue weighted by atomic mass is 79.9. The van der Waals surface area contributed by atoms with Crippen LogP contribution in [0.5, 0.6) is 0 Å². The van der Waals surface area contributed by atoms with E-state index in [1.54, 1.807) is 11.3 Å². The minimum Gasteiger partial charge on any atom is -0.378 e. The molecule has 0 saturated carbocycles. The van der Waals surface area contributed by atoms with Crippen molar-refractivity contribution in [3.8, 4) is 0 Å². The molecule has 0 unspecified atom stereocenters. The lowest BCUT2D eigenvalue weighted by atomic mass is 10.2. The summed E-state index contributed by atoms with van der Waals surface area (Å²) in [6.07, 6.45) is 0. The van der Waals surface area contributed by atoms with Crippen LogP contribution in [0, 0.1) is 0 Å². The number of hydrogen-bond acceptors (Lipinski definition) is 4. The first-order valence-corrected chi connectivity index (χ1v) is 8.05. The average Bonchev–Trinajstić information content (AvgIpc) is 2.83. The lowest BCUT2D eigenvalue weighted by Crippen LogP contribution is -2.49. The van der Waals surface area contributed by atoms with E-state index in [4.69, 9.17) is 4.74 Å². The molecule has 0 bridgehead atoms. The highest BCUT2D eigenvalue weighted by Gasteiger charge is 2.25. The first-order chi connectivity index (χ1) is 9.08. The number of nitrogens with zero attached hydrogens (tertiary/aromatic N) is 2. The SMILES string of the molecule is C[C@H](C(=O)N1CCOCC1)N(C)Cc1csc(Br)c1. The van der Waals surface area contributed by atoms with Crippen LogP contribution in [-0.4, -0.2) is 55.1 Å². The van der Waals surface area contributed by atoms with Gasteiger partial charge in [0.25, 0.3) is 0 Å². The number of hydrogen-bond donors (Lipinski definition) is 0. The van der Waals surface area contributed by atoms with E-state index in [9.17, 15) is 4.79 Å². The Morgan fingerprint density at radius 3 is 2.84 bits per heavy atom. The van der Waals surface area contributed by atoms with Crippen LogP contribution in [-0.2, 0) is 16.1 Å². The van der Waals surface area contributed by atoms with Gasteiger partial charge in [-0.3, -0.25) is 9.69 Å². The first kappa shape index (κ1) is 15.0. The van der Waals surface area contributed by atoms with Crippen molar-refractivity contribution in [2.75, 3.05) is 33.4 Å². The number of rotatable bonds is 4. The zero-order valence-corrected chi connectivity index (χ0v) is 13.7. The second-order valence-corrected chi connectivity index (χ2v) is 7.08. The normalized spacial score (nSPS) is 17.8. The summed E-state index contributed by atoms with van der Waals surface area (Å²) in [5.41, 5.74) is 1.24. The van der Waals surface area contributed by atoms with Gasteiger partial charge in [-0.1, -0.05) is 0 Å². The van der Waals surface area contributed by atoms with Crippen molar-refractivity contribution < 1.29 is 9.53 Å². The summed E-state index contributed by atoms with van der Waals surface area (Å²) >= 11 is 5.13. The van der Waals surface area contributed by atoms with Crippen LogP contribution in [0.15, 0.2) is 15.2 Å². The molecular weight excluding hydrogens is 328 g/mol. The van der Waals surface area contributed by atoms with Crippen LogP contribution in [0.1, 0.15) is 12.5 Å². The molecular formula is C13H19BrN2O2S. The maximum absolute atomic E-state index is 12.4. The van der Waals surface area contributed by atoms with Gasteiger partial charge in [-0.2, -0.15) is 0 Å². The van der Waals surface area contributed by atoms with E-state index >= 15 is 0 Å². The van der Waals surface area contributed by atoms with Gasteiger partial charge in [0.05, 0.1) is 23.0 Å². The topological polar surface area (TPSA) is 32.8 Å². The molecule has 0 aromatic carbocycles. The molecule has 4 nitrogen and oxygen atoms in total. The summed E-state index contributed by atoms with van der Waals surface area (Å²) in [6.45, 7) is 5.49. The number of morpholine rings is 1. The van der Waals surface area contributed by atoms with Crippen molar-refractivity contribution in [3.05, 3.63) is 20.8 Å². The molecule has 2 heterocycles. The zero-order valence-electron chi connectivity index (χ0n) is 11.3. The fourth-order valence-electron chi connectivity index (χ4n) is 2.09. The van der Waals surface area contributed by atoms with Gasteiger partial charge >= 0.3 is 0 Å². The van der Waals surface area contributed by atoms with Gasteiger partial charge in [0.1, 0.15) is 0 Å². The molecule has 1 aromatic heterocycles. The number of carbonyl (C=O) groups excluding carboxylic acids is 1. The van der Waals surface area contributed by atoms with E-state index in [2.05, 4.69) is 32.3 Å². The van der Waals surface area contributed by atoms with Crippen LogP contribution < -0.4 is 0 Å². The molecule has 6 heteroatoms. The van der Waals surface area contributed by atoms with E-state index in [-0.39, 0.29) is 11.9 Å². The molecule has 0 N–H and O–H groups in total. The van der Waals surface area contributed by atoms with Crippen molar-refractivity contribution in [1.29, 1.82) is 0 Å². The van der Waals surface area contributed by atoms with E-state index in [0.717, 1.165) is 10.3 Å². The molecule has 1 aliphatic rings. The van der Waals surface area contributed by atoms with E-state index in [1.807, 2.05) is 18.9 Å². The molecule has 0 radical (unpaired) electrons. The smallest absolute Gasteiger partial charge is 0.239 e. The summed E-state index contributed by atoms with van der Waals surface area (Å²) in [5, 5.41) is 2.12. The second kappa shape index (κ2) is 6.83. The molecule has 1 aromatic rings. The quantitative estimate of drug-likeness (QED) is 0.837. The zero-order chi connectivity index (χ0) is 13.8. The Kier molecular flexibility index (Phi) is 5.38. The molecule has 0 aliphatic carbocycles. The van der Waals surface area contributed by atoms with Crippen molar-refractivity contribution in [1.82, 2.24) is 9.80 Å². The minimum absolute atomic E-state index is 0.100. The average molecular weight is 347 g/mol. The number of ether oxygens (including phenoxy) is 1. The van der Waals surface area contributed by atoms with Crippen molar-refractivity contribution >= 4 is 33.2 Å². The molecule has 1 aliphatic heterocycles. The third-order valence-corrected chi connectivity index (χ3v) is 4.95. The Morgan fingerprint density at radius 2 is 2.26 bits per heavy atom. The molecule has 2 rings (SSSR count). The Labute approximate surface area is 126 Å². The van der Waals surface area contributed by atoms with Crippen LogP contribution >= 0.6 is 27.3 Å². The van der Waals surface area contributed by atoms with Crippen molar-refractivity contribution in [2.24, 2.45) is 0 Å². The molecule has 106 valence electrons. The number of halogens is 1. The summed E-state index contributed by atoms with van der Waals surface area (Å²) in [7, 11) is 1.99. The monoisotopic (exact) mass is 346 g/mol. The molecule has 19 heavy (non-hydrogen) atoms. The van der Waals surface area contributed by atoms with Gasteiger partial charge in [0.15, 0.2) is 0 Å². The Bertz CT molecular complexity index is 432. The Morgan fingerprint density at radius 1 is 1.58 bits per heavy atom. The molecule has 1 fully saturated rings.